The van der Waals surface area contributed by atoms with Crippen molar-refractivity contribution in [2.45, 2.75) is 32.9 Å². The average molecular weight is 198 g/mol. The number of hydrogen-bond donors (Lipinski definition) is 1. The summed E-state index contributed by atoms with van der Waals surface area (Å²) in [6.45, 7) is 6.39. The van der Waals surface area contributed by atoms with Crippen LogP contribution in [0, 0.1) is 0 Å². The van der Waals surface area contributed by atoms with Crippen molar-refractivity contribution in [2.75, 3.05) is 0 Å². The molecule has 1 N–H and O–H groups in total. The van der Waals surface area contributed by atoms with E-state index in [0.717, 1.165) is 10.6 Å². The second-order valence-corrected chi connectivity index (χ2v) is 3.97. The van der Waals surface area contributed by atoms with E-state index < -0.39 is 0 Å². The van der Waals surface area contributed by atoms with Crippen LogP contribution in [-0.2, 0) is 0 Å². The van der Waals surface area contributed by atoms with E-state index in [1.807, 2.05) is 18.2 Å². The van der Waals surface area contributed by atoms with Gasteiger partial charge in [0, 0.05) is 17.1 Å². The molecule has 1 aromatic rings. The molecule has 0 fully saturated rings. The van der Waals surface area contributed by atoms with E-state index in [0.29, 0.717) is 12.1 Å². The maximum atomic E-state index is 6.06. The molecule has 0 saturated heterocycles. The molecule has 0 bridgehead atoms. The summed E-state index contributed by atoms with van der Waals surface area (Å²) in [5, 5.41) is 4.25. The summed E-state index contributed by atoms with van der Waals surface area (Å²) in [6, 6.07) is 8.74. The number of hydrogen-bond acceptors (Lipinski definition) is 1. The van der Waals surface area contributed by atoms with Crippen molar-refractivity contribution in [2.24, 2.45) is 0 Å². The third kappa shape index (κ3) is 3.02. The van der Waals surface area contributed by atoms with Crippen molar-refractivity contribution in [1.82, 2.24) is 5.32 Å². The van der Waals surface area contributed by atoms with Gasteiger partial charge in [-0.25, -0.2) is 0 Å². The molecule has 0 amide bonds. The zero-order valence-electron chi connectivity index (χ0n) is 8.34. The molecule has 0 aliphatic heterocycles. The zero-order chi connectivity index (χ0) is 9.84. The minimum atomic E-state index is 0.314. The van der Waals surface area contributed by atoms with Gasteiger partial charge in [0.2, 0.25) is 0 Å². The molecule has 0 radical (unpaired) electrons. The first-order valence-electron chi connectivity index (χ1n) is 4.61. The topological polar surface area (TPSA) is 12.0 Å². The van der Waals surface area contributed by atoms with Gasteiger partial charge in [-0.05, 0) is 18.6 Å². The third-order valence-corrected chi connectivity index (χ3v) is 2.30. The molecule has 1 nitrogen and oxygen atoms in total. The summed E-state index contributed by atoms with van der Waals surface area (Å²) in [5.41, 5.74) is 1.16. The van der Waals surface area contributed by atoms with Gasteiger partial charge < -0.3 is 5.32 Å². The molecular formula is C11H16ClN. The smallest absolute Gasteiger partial charge is 0.0453 e. The van der Waals surface area contributed by atoms with Gasteiger partial charge in [0.25, 0.3) is 0 Å². The normalized spacial score (nSPS) is 13.3. The minimum Gasteiger partial charge on any atom is -0.308 e. The molecule has 72 valence electrons. The van der Waals surface area contributed by atoms with Gasteiger partial charge in [-0.3, -0.25) is 0 Å². The molecule has 0 aliphatic rings. The highest BCUT2D eigenvalue weighted by molar-refractivity contribution is 6.31. The molecule has 0 aliphatic carbocycles. The Morgan fingerprint density at radius 1 is 1.15 bits per heavy atom. The molecule has 1 atom stereocenters. The quantitative estimate of drug-likeness (QED) is 0.783. The monoisotopic (exact) mass is 197 g/mol. The van der Waals surface area contributed by atoms with Crippen LogP contribution in [0.4, 0.5) is 0 Å². The van der Waals surface area contributed by atoms with Crippen molar-refractivity contribution >= 4 is 11.6 Å². The van der Waals surface area contributed by atoms with Crippen molar-refractivity contribution in [1.29, 1.82) is 0 Å². The van der Waals surface area contributed by atoms with E-state index in [2.05, 4.69) is 32.2 Å². The lowest BCUT2D eigenvalue weighted by molar-refractivity contribution is 0.506. The van der Waals surface area contributed by atoms with Gasteiger partial charge in [0.1, 0.15) is 0 Å². The maximum Gasteiger partial charge on any atom is 0.0453 e. The van der Waals surface area contributed by atoms with Crippen LogP contribution in [-0.4, -0.2) is 6.04 Å². The fraction of sp³-hybridized carbons (Fsp3) is 0.455. The molecule has 13 heavy (non-hydrogen) atoms. The Labute approximate surface area is 85.1 Å². The summed E-state index contributed by atoms with van der Waals surface area (Å²) < 4.78 is 0. The first-order valence-corrected chi connectivity index (χ1v) is 4.99. The van der Waals surface area contributed by atoms with Gasteiger partial charge in [-0.1, -0.05) is 43.6 Å². The highest BCUT2D eigenvalue weighted by atomic mass is 35.5. The maximum absolute atomic E-state index is 6.06. The molecule has 1 aromatic carbocycles. The average Bonchev–Trinajstić information content (AvgIpc) is 2.03. The Morgan fingerprint density at radius 3 is 2.31 bits per heavy atom. The molecule has 0 aromatic heterocycles. The lowest BCUT2D eigenvalue weighted by Crippen LogP contribution is -2.26. The highest BCUT2D eigenvalue weighted by Crippen LogP contribution is 2.22. The van der Waals surface area contributed by atoms with Crippen molar-refractivity contribution in [3.63, 3.8) is 0 Å². The second kappa shape index (κ2) is 4.64. The van der Waals surface area contributed by atoms with E-state index >= 15 is 0 Å². The van der Waals surface area contributed by atoms with Gasteiger partial charge >= 0.3 is 0 Å². The number of benzene rings is 1. The Balaban J connectivity index is 2.76. The van der Waals surface area contributed by atoms with Gasteiger partial charge in [0.05, 0.1) is 0 Å². The fourth-order valence-corrected chi connectivity index (χ4v) is 1.72. The van der Waals surface area contributed by atoms with Crippen LogP contribution in [0.15, 0.2) is 24.3 Å². The summed E-state index contributed by atoms with van der Waals surface area (Å²) in [7, 11) is 0. The Kier molecular flexibility index (Phi) is 3.76. The molecule has 0 heterocycles. The van der Waals surface area contributed by atoms with Crippen LogP contribution < -0.4 is 5.32 Å². The summed E-state index contributed by atoms with van der Waals surface area (Å²) in [4.78, 5) is 0. The summed E-state index contributed by atoms with van der Waals surface area (Å²) in [5.74, 6) is 0. The van der Waals surface area contributed by atoms with E-state index in [-0.39, 0.29) is 0 Å². The van der Waals surface area contributed by atoms with Crippen molar-refractivity contribution < 1.29 is 0 Å². The van der Waals surface area contributed by atoms with E-state index in [4.69, 9.17) is 11.6 Å². The predicted molar refractivity (Wildman–Crippen MR) is 58.1 cm³/mol. The van der Waals surface area contributed by atoms with Crippen molar-refractivity contribution in [3.05, 3.63) is 34.9 Å². The highest BCUT2D eigenvalue weighted by Gasteiger charge is 2.08. The predicted octanol–water partition coefficient (Wildman–Crippen LogP) is 3.40. The minimum absolute atomic E-state index is 0.314. The van der Waals surface area contributed by atoms with Crippen molar-refractivity contribution in [3.8, 4) is 0 Å². The zero-order valence-corrected chi connectivity index (χ0v) is 9.10. The SMILES string of the molecule is CC(C)N[C@@H](C)c1ccccc1Cl. The van der Waals surface area contributed by atoms with Gasteiger partial charge in [-0.15, -0.1) is 0 Å². The summed E-state index contributed by atoms with van der Waals surface area (Å²) >= 11 is 6.06. The first kappa shape index (κ1) is 10.6. The molecule has 2 heteroatoms. The van der Waals surface area contributed by atoms with Crippen LogP contribution in [0.3, 0.4) is 0 Å². The summed E-state index contributed by atoms with van der Waals surface area (Å²) in [6.07, 6.45) is 0. The lowest BCUT2D eigenvalue weighted by atomic mass is 10.1. The lowest BCUT2D eigenvalue weighted by Gasteiger charge is -2.18. The van der Waals surface area contributed by atoms with Gasteiger partial charge in [0.15, 0.2) is 0 Å². The van der Waals surface area contributed by atoms with Crippen LogP contribution in [0.25, 0.3) is 0 Å². The second-order valence-electron chi connectivity index (χ2n) is 3.56. The molecule has 0 unspecified atom stereocenters. The number of nitrogens with one attached hydrogen (secondary N) is 1. The first-order chi connectivity index (χ1) is 6.11. The Morgan fingerprint density at radius 2 is 1.77 bits per heavy atom. The Bertz CT molecular complexity index is 271. The van der Waals surface area contributed by atoms with Crippen LogP contribution in [0.2, 0.25) is 5.02 Å². The van der Waals surface area contributed by atoms with Gasteiger partial charge in [-0.2, -0.15) is 0 Å². The van der Waals surface area contributed by atoms with Crippen LogP contribution in [0.1, 0.15) is 32.4 Å². The van der Waals surface area contributed by atoms with E-state index in [9.17, 15) is 0 Å². The molecule has 0 spiro atoms. The molecule has 1 rings (SSSR count). The molecular weight excluding hydrogens is 182 g/mol. The molecule has 0 saturated carbocycles. The fourth-order valence-electron chi connectivity index (χ4n) is 1.42. The Hall–Kier alpha value is -0.530. The third-order valence-electron chi connectivity index (χ3n) is 1.96. The van der Waals surface area contributed by atoms with E-state index in [1.165, 1.54) is 0 Å². The number of halogens is 1. The van der Waals surface area contributed by atoms with E-state index in [1.54, 1.807) is 0 Å². The largest absolute Gasteiger partial charge is 0.308 e. The van der Waals surface area contributed by atoms with Crippen LogP contribution >= 0.6 is 11.6 Å². The van der Waals surface area contributed by atoms with Crippen LogP contribution in [0.5, 0.6) is 0 Å². The number of rotatable bonds is 3. The standard InChI is InChI=1S/C11H16ClN/c1-8(2)13-9(3)10-6-4-5-7-11(10)12/h4-9,13H,1-3H3/t9-/m0/s1.